The van der Waals surface area contributed by atoms with Gasteiger partial charge in [-0.1, -0.05) is 0 Å². The molecule has 4 aliphatic rings. The first kappa shape index (κ1) is 20.6. The van der Waals surface area contributed by atoms with E-state index in [1.54, 1.807) is 24.3 Å². The molecule has 0 heterocycles. The number of ketones is 1. The van der Waals surface area contributed by atoms with E-state index in [0.717, 1.165) is 19.3 Å². The van der Waals surface area contributed by atoms with Gasteiger partial charge in [0, 0.05) is 16.7 Å². The fourth-order valence-corrected chi connectivity index (χ4v) is 5.91. The minimum atomic E-state index is -0.629. The highest BCUT2D eigenvalue weighted by Gasteiger charge is 2.54. The van der Waals surface area contributed by atoms with Gasteiger partial charge in [0.2, 0.25) is 5.91 Å². The monoisotopic (exact) mass is 412 g/mol. The Bertz CT molecular complexity index is 826. The summed E-state index contributed by atoms with van der Waals surface area (Å²) in [7, 11) is 0. The fraction of sp³-hybridized carbons (Fsp3) is 0.565. The van der Waals surface area contributed by atoms with Crippen molar-refractivity contribution in [3.8, 4) is 0 Å². The van der Waals surface area contributed by atoms with E-state index in [9.17, 15) is 19.2 Å². The molecule has 5 rings (SSSR count). The zero-order valence-electron chi connectivity index (χ0n) is 17.2. The van der Waals surface area contributed by atoms with Crippen LogP contribution in [0.2, 0.25) is 0 Å². The molecule has 2 N–H and O–H groups in total. The normalized spacial score (nSPS) is 28.6. The number of rotatable bonds is 7. The highest BCUT2D eigenvalue weighted by atomic mass is 16.5. The molecule has 7 nitrogen and oxygen atoms in total. The van der Waals surface area contributed by atoms with Gasteiger partial charge in [-0.15, -0.1) is 0 Å². The topological polar surface area (TPSA) is 102 Å². The molecule has 1 aromatic rings. The number of hydrogen-bond donors (Lipinski definition) is 2. The van der Waals surface area contributed by atoms with Crippen LogP contribution in [0.15, 0.2) is 24.3 Å². The standard InChI is InChI=1S/C23H28N2O5/c1-14(26)18-2-4-19(5-3-18)25-20(27)13-30-21(28)12-24-22(29)23-9-15-6-16(10-23)8-17(7-15)11-23/h2-5,15-17H,6-13H2,1H3,(H,24,29)(H,25,27). The van der Waals surface area contributed by atoms with Crippen LogP contribution in [0.1, 0.15) is 55.8 Å². The van der Waals surface area contributed by atoms with E-state index in [4.69, 9.17) is 4.74 Å². The number of carbonyl (C=O) groups is 4. The van der Waals surface area contributed by atoms with E-state index in [-0.39, 0.29) is 23.7 Å². The molecule has 0 atom stereocenters. The number of carbonyl (C=O) groups excluding carboxylic acids is 4. The van der Waals surface area contributed by atoms with Crippen LogP contribution in [0.25, 0.3) is 0 Å². The van der Waals surface area contributed by atoms with Gasteiger partial charge in [0.05, 0.1) is 0 Å². The zero-order chi connectivity index (χ0) is 21.3. The lowest BCUT2D eigenvalue weighted by atomic mass is 9.49. The quantitative estimate of drug-likeness (QED) is 0.530. The van der Waals surface area contributed by atoms with E-state index >= 15 is 0 Å². The van der Waals surface area contributed by atoms with Crippen LogP contribution in [0.4, 0.5) is 5.69 Å². The second-order valence-electron chi connectivity index (χ2n) is 9.22. The summed E-state index contributed by atoms with van der Waals surface area (Å²) in [6.45, 7) is 0.816. The Labute approximate surface area is 175 Å². The van der Waals surface area contributed by atoms with Crippen LogP contribution < -0.4 is 10.6 Å². The summed E-state index contributed by atoms with van der Waals surface area (Å²) in [4.78, 5) is 48.1. The molecule has 4 bridgehead atoms. The van der Waals surface area contributed by atoms with Gasteiger partial charge in [-0.25, -0.2) is 0 Å². The number of amides is 2. The molecular formula is C23H28N2O5. The third-order valence-corrected chi connectivity index (χ3v) is 6.85. The predicted octanol–water partition coefficient (Wildman–Crippen LogP) is 2.70. The largest absolute Gasteiger partial charge is 0.454 e. The maximum atomic E-state index is 12.8. The van der Waals surface area contributed by atoms with E-state index in [0.29, 0.717) is 29.0 Å². The van der Waals surface area contributed by atoms with Gasteiger partial charge in [0.25, 0.3) is 5.91 Å². The van der Waals surface area contributed by atoms with Crippen molar-refractivity contribution in [3.63, 3.8) is 0 Å². The summed E-state index contributed by atoms with van der Waals surface area (Å²) >= 11 is 0. The third-order valence-electron chi connectivity index (χ3n) is 6.85. The number of esters is 1. The lowest BCUT2D eigenvalue weighted by molar-refractivity contribution is -0.152. The lowest BCUT2D eigenvalue weighted by Crippen LogP contribution is -2.54. The van der Waals surface area contributed by atoms with Gasteiger partial charge in [0.15, 0.2) is 12.4 Å². The van der Waals surface area contributed by atoms with Gasteiger partial charge in [-0.3, -0.25) is 19.2 Å². The van der Waals surface area contributed by atoms with Crippen LogP contribution in [0.3, 0.4) is 0 Å². The molecule has 0 aromatic heterocycles. The lowest BCUT2D eigenvalue weighted by Gasteiger charge is -2.55. The van der Waals surface area contributed by atoms with Crippen molar-refractivity contribution < 1.29 is 23.9 Å². The molecule has 30 heavy (non-hydrogen) atoms. The Balaban J connectivity index is 1.20. The number of ether oxygens (including phenoxy) is 1. The van der Waals surface area contributed by atoms with Gasteiger partial charge in [-0.2, -0.15) is 0 Å². The SMILES string of the molecule is CC(=O)c1ccc(NC(=O)COC(=O)CNC(=O)C23CC4CC(CC(C4)C2)C3)cc1. The molecule has 160 valence electrons. The molecule has 0 aliphatic heterocycles. The Hall–Kier alpha value is -2.70. The first-order chi connectivity index (χ1) is 14.3. The van der Waals surface area contributed by atoms with E-state index in [1.165, 1.54) is 26.2 Å². The van der Waals surface area contributed by atoms with E-state index < -0.39 is 18.5 Å². The van der Waals surface area contributed by atoms with Crippen LogP contribution in [-0.4, -0.2) is 36.7 Å². The fourth-order valence-electron chi connectivity index (χ4n) is 5.91. The molecule has 0 unspecified atom stereocenters. The molecule has 0 spiro atoms. The summed E-state index contributed by atoms with van der Waals surface area (Å²) in [5.74, 6) is 0.763. The smallest absolute Gasteiger partial charge is 0.325 e. The maximum Gasteiger partial charge on any atom is 0.325 e. The summed E-state index contributed by atoms with van der Waals surface area (Å²) in [5.41, 5.74) is 0.753. The highest BCUT2D eigenvalue weighted by molar-refractivity contribution is 5.96. The van der Waals surface area contributed by atoms with E-state index in [2.05, 4.69) is 10.6 Å². The van der Waals surface area contributed by atoms with Crippen molar-refractivity contribution in [3.05, 3.63) is 29.8 Å². The summed E-state index contributed by atoms with van der Waals surface area (Å²) < 4.78 is 4.99. The maximum absolute atomic E-state index is 12.8. The Morgan fingerprint density at radius 1 is 0.967 bits per heavy atom. The first-order valence-corrected chi connectivity index (χ1v) is 10.7. The number of Topliss-reactive ketones (excluding diaryl/α,β-unsaturated/α-hetero) is 1. The molecule has 4 fully saturated rings. The third kappa shape index (κ3) is 4.40. The Kier molecular flexibility index (Phi) is 5.62. The predicted molar refractivity (Wildman–Crippen MR) is 110 cm³/mol. The Morgan fingerprint density at radius 2 is 1.53 bits per heavy atom. The van der Waals surface area contributed by atoms with Gasteiger partial charge in [0.1, 0.15) is 6.54 Å². The number of hydrogen-bond acceptors (Lipinski definition) is 5. The van der Waals surface area contributed by atoms with Gasteiger partial charge in [-0.05, 0) is 87.5 Å². The highest BCUT2D eigenvalue weighted by Crippen LogP contribution is 2.60. The molecule has 2 amide bonds. The Morgan fingerprint density at radius 3 is 2.07 bits per heavy atom. The van der Waals surface area contributed by atoms with Crippen molar-refractivity contribution in [2.75, 3.05) is 18.5 Å². The number of benzene rings is 1. The minimum absolute atomic E-state index is 0.0337. The van der Waals surface area contributed by atoms with Crippen LogP contribution in [0.5, 0.6) is 0 Å². The van der Waals surface area contributed by atoms with Crippen molar-refractivity contribution in [2.45, 2.75) is 45.4 Å². The van der Waals surface area contributed by atoms with Crippen molar-refractivity contribution in [2.24, 2.45) is 23.2 Å². The number of nitrogens with one attached hydrogen (secondary N) is 2. The van der Waals surface area contributed by atoms with Crippen LogP contribution >= 0.6 is 0 Å². The molecule has 1 aromatic carbocycles. The van der Waals surface area contributed by atoms with Gasteiger partial charge < -0.3 is 15.4 Å². The zero-order valence-corrected chi connectivity index (χ0v) is 17.2. The molecule has 0 saturated heterocycles. The molecular weight excluding hydrogens is 384 g/mol. The van der Waals surface area contributed by atoms with Crippen molar-refractivity contribution in [1.82, 2.24) is 5.32 Å². The summed E-state index contributed by atoms with van der Waals surface area (Å²) in [5, 5.41) is 5.36. The summed E-state index contributed by atoms with van der Waals surface area (Å²) in [6, 6.07) is 6.46. The van der Waals surface area contributed by atoms with Crippen LogP contribution in [0, 0.1) is 23.2 Å². The average Bonchev–Trinajstić information content (AvgIpc) is 2.70. The molecule has 4 saturated carbocycles. The second kappa shape index (κ2) is 8.20. The second-order valence-corrected chi connectivity index (χ2v) is 9.22. The first-order valence-electron chi connectivity index (χ1n) is 10.7. The van der Waals surface area contributed by atoms with Crippen molar-refractivity contribution in [1.29, 1.82) is 0 Å². The van der Waals surface area contributed by atoms with Gasteiger partial charge >= 0.3 is 5.97 Å². The van der Waals surface area contributed by atoms with Crippen LogP contribution in [-0.2, 0) is 19.1 Å². The minimum Gasteiger partial charge on any atom is -0.454 e. The molecule has 4 aliphatic carbocycles. The van der Waals surface area contributed by atoms with E-state index in [1.807, 2.05) is 0 Å². The number of anilines is 1. The summed E-state index contributed by atoms with van der Waals surface area (Å²) in [6.07, 6.45) is 6.56. The van der Waals surface area contributed by atoms with Crippen molar-refractivity contribution >= 4 is 29.3 Å². The molecule has 7 heteroatoms. The average molecular weight is 412 g/mol. The molecule has 0 radical (unpaired) electrons.